The molecule has 4 rings (SSSR count). The third-order valence-corrected chi connectivity index (χ3v) is 4.60. The predicted octanol–water partition coefficient (Wildman–Crippen LogP) is 4.02. The van der Waals surface area contributed by atoms with E-state index in [1.807, 2.05) is 22.7 Å². The van der Waals surface area contributed by atoms with E-state index in [1.54, 1.807) is 29.3 Å². The minimum atomic E-state index is -4.48. The number of nitrogens with zero attached hydrogens (tertiary/aromatic N) is 5. The largest absolute Gasteiger partial charge is 0.405 e. The Hall–Kier alpha value is -3.25. The Morgan fingerprint density at radius 1 is 1.17 bits per heavy atom. The zero-order valence-electron chi connectivity index (χ0n) is 14.9. The van der Waals surface area contributed by atoms with Gasteiger partial charge in [0.2, 0.25) is 0 Å². The monoisotopic (exact) mass is 455 g/mol. The number of nitrogens with one attached hydrogen (secondary N) is 2. The minimum Gasteiger partial charge on any atom is -0.329 e. The third kappa shape index (κ3) is 4.83. The van der Waals surface area contributed by atoms with E-state index in [0.717, 1.165) is 10.6 Å². The second kappa shape index (κ2) is 8.63. The van der Waals surface area contributed by atoms with Crippen LogP contribution in [0.15, 0.2) is 48.5 Å². The highest BCUT2D eigenvalue weighted by molar-refractivity contribution is 7.12. The van der Waals surface area contributed by atoms with Crippen LogP contribution in [-0.4, -0.2) is 43.3 Å². The molecule has 0 aromatic carbocycles. The highest BCUT2D eigenvalue weighted by Crippen LogP contribution is 2.26. The van der Waals surface area contributed by atoms with E-state index in [2.05, 4.69) is 25.5 Å². The average molecular weight is 456 g/mol. The van der Waals surface area contributed by atoms with E-state index < -0.39 is 18.8 Å². The first kappa shape index (κ1) is 21.5. The number of carbonyl (C=O) groups is 1. The Morgan fingerprint density at radius 2 is 2.00 bits per heavy atom. The molecular weight excluding hydrogens is 443 g/mol. The van der Waals surface area contributed by atoms with Gasteiger partial charge in [0.1, 0.15) is 22.7 Å². The van der Waals surface area contributed by atoms with Gasteiger partial charge in [0.15, 0.2) is 0 Å². The Morgan fingerprint density at radius 3 is 2.73 bits per heavy atom. The van der Waals surface area contributed by atoms with Crippen LogP contribution in [0.1, 0.15) is 0 Å². The van der Waals surface area contributed by atoms with Gasteiger partial charge < -0.3 is 10.6 Å². The van der Waals surface area contributed by atoms with Gasteiger partial charge in [0.05, 0.1) is 23.8 Å². The van der Waals surface area contributed by atoms with Crippen molar-refractivity contribution in [3.8, 4) is 21.8 Å². The maximum absolute atomic E-state index is 12.2. The first-order valence-corrected chi connectivity index (χ1v) is 9.08. The molecule has 0 saturated carbocycles. The number of fused-ring (bicyclic) bond motifs is 1. The number of rotatable bonds is 4. The zero-order chi connectivity index (χ0) is 20.4. The van der Waals surface area contributed by atoms with E-state index in [4.69, 9.17) is 0 Å². The Kier molecular flexibility index (Phi) is 6.17. The Labute approximate surface area is 177 Å². The highest BCUT2D eigenvalue weighted by atomic mass is 35.5. The number of imidazole rings is 1. The lowest BCUT2D eigenvalue weighted by molar-refractivity contribution is -0.122. The van der Waals surface area contributed by atoms with Gasteiger partial charge in [-0.05, 0) is 18.2 Å². The standard InChI is InChI=1S/C17H12F3N7OS.ClH/c18-17(19,20)8-23-16(28)25-12-3-11(5-21-6-12)13-7-22-14-4-10(1-2-27(13)14)15-26-24-9-29-15;/h1-7,9H,8H2,(H2,23,25,28);1H. The molecule has 0 unspecified atom stereocenters. The summed E-state index contributed by atoms with van der Waals surface area (Å²) in [6.07, 6.45) is 1.89. The molecule has 8 nitrogen and oxygen atoms in total. The van der Waals surface area contributed by atoms with Gasteiger partial charge >= 0.3 is 12.2 Å². The van der Waals surface area contributed by atoms with Crippen molar-refractivity contribution >= 4 is 41.1 Å². The fourth-order valence-electron chi connectivity index (χ4n) is 2.63. The highest BCUT2D eigenvalue weighted by Gasteiger charge is 2.27. The molecule has 13 heteroatoms. The van der Waals surface area contributed by atoms with E-state index in [1.165, 1.54) is 17.5 Å². The average Bonchev–Trinajstić information content (AvgIpc) is 3.35. The lowest BCUT2D eigenvalue weighted by atomic mass is 10.2. The summed E-state index contributed by atoms with van der Waals surface area (Å²) in [7, 11) is 0. The molecule has 0 aliphatic rings. The quantitative estimate of drug-likeness (QED) is 0.484. The van der Waals surface area contributed by atoms with Crippen LogP contribution in [0, 0.1) is 0 Å². The van der Waals surface area contributed by atoms with Crippen LogP contribution in [0.2, 0.25) is 0 Å². The number of urea groups is 1. The topological polar surface area (TPSA) is 97.1 Å². The van der Waals surface area contributed by atoms with Crippen LogP contribution in [0.5, 0.6) is 0 Å². The second-order valence-electron chi connectivity index (χ2n) is 5.92. The van der Waals surface area contributed by atoms with Gasteiger partial charge in [0, 0.05) is 23.5 Å². The number of carbonyl (C=O) groups excluding carboxylic acids is 1. The molecule has 0 aliphatic carbocycles. The molecule has 0 aliphatic heterocycles. The lowest BCUT2D eigenvalue weighted by Gasteiger charge is -2.10. The maximum Gasteiger partial charge on any atom is 0.405 e. The van der Waals surface area contributed by atoms with Crippen molar-refractivity contribution in [3.63, 3.8) is 0 Å². The molecule has 2 N–H and O–H groups in total. The normalized spacial score (nSPS) is 11.2. The van der Waals surface area contributed by atoms with Crippen LogP contribution in [0.25, 0.3) is 27.5 Å². The molecule has 0 fully saturated rings. The van der Waals surface area contributed by atoms with Crippen molar-refractivity contribution in [2.75, 3.05) is 11.9 Å². The molecule has 4 heterocycles. The van der Waals surface area contributed by atoms with Crippen molar-refractivity contribution in [1.82, 2.24) is 29.9 Å². The summed E-state index contributed by atoms with van der Waals surface area (Å²) in [6.45, 7) is -1.42. The molecule has 0 spiro atoms. The minimum absolute atomic E-state index is 0. The zero-order valence-corrected chi connectivity index (χ0v) is 16.6. The van der Waals surface area contributed by atoms with E-state index in [-0.39, 0.29) is 18.1 Å². The number of hydrogen-bond donors (Lipinski definition) is 2. The lowest BCUT2D eigenvalue weighted by Crippen LogP contribution is -2.36. The Balaban J connectivity index is 0.00000256. The molecule has 0 atom stereocenters. The van der Waals surface area contributed by atoms with Crippen LogP contribution < -0.4 is 10.6 Å². The number of hydrogen-bond acceptors (Lipinski definition) is 6. The molecule has 156 valence electrons. The fraction of sp³-hybridized carbons (Fsp3) is 0.118. The van der Waals surface area contributed by atoms with Crippen LogP contribution in [0.3, 0.4) is 0 Å². The SMILES string of the molecule is Cl.O=C(NCC(F)(F)F)Nc1cncc(-c2cnc3cc(-c4nncs4)ccn23)c1. The van der Waals surface area contributed by atoms with Crippen molar-refractivity contribution in [3.05, 3.63) is 48.5 Å². The molecule has 2 amide bonds. The molecular formula is C17H13ClF3N7OS. The number of pyridine rings is 2. The van der Waals surface area contributed by atoms with Crippen LogP contribution in [0.4, 0.5) is 23.7 Å². The van der Waals surface area contributed by atoms with E-state index in [9.17, 15) is 18.0 Å². The molecule has 0 radical (unpaired) electrons. The van der Waals surface area contributed by atoms with Gasteiger partial charge in [0.25, 0.3) is 0 Å². The van der Waals surface area contributed by atoms with Gasteiger partial charge in [-0.15, -0.1) is 22.6 Å². The van der Waals surface area contributed by atoms with Crippen molar-refractivity contribution in [2.24, 2.45) is 0 Å². The summed E-state index contributed by atoms with van der Waals surface area (Å²) in [5.41, 5.74) is 4.79. The summed E-state index contributed by atoms with van der Waals surface area (Å²) in [5, 5.41) is 12.7. The fourth-order valence-corrected chi connectivity index (χ4v) is 3.18. The van der Waals surface area contributed by atoms with E-state index >= 15 is 0 Å². The number of anilines is 1. The molecule has 30 heavy (non-hydrogen) atoms. The summed E-state index contributed by atoms with van der Waals surface area (Å²) in [6, 6.07) is 4.37. The van der Waals surface area contributed by atoms with Gasteiger partial charge in [-0.1, -0.05) is 11.3 Å². The molecule has 4 aromatic rings. The smallest absolute Gasteiger partial charge is 0.329 e. The number of alkyl halides is 3. The van der Waals surface area contributed by atoms with Gasteiger partial charge in [-0.2, -0.15) is 13.2 Å². The summed E-state index contributed by atoms with van der Waals surface area (Å²) < 4.78 is 38.4. The van der Waals surface area contributed by atoms with Crippen LogP contribution >= 0.6 is 23.7 Å². The number of amides is 2. The maximum atomic E-state index is 12.2. The van der Waals surface area contributed by atoms with E-state index in [0.29, 0.717) is 16.9 Å². The van der Waals surface area contributed by atoms with Crippen molar-refractivity contribution in [2.45, 2.75) is 6.18 Å². The summed E-state index contributed by atoms with van der Waals surface area (Å²) in [5.74, 6) is 0. The molecule has 0 bridgehead atoms. The summed E-state index contributed by atoms with van der Waals surface area (Å²) >= 11 is 1.41. The summed E-state index contributed by atoms with van der Waals surface area (Å²) in [4.78, 5) is 20.1. The molecule has 4 aromatic heterocycles. The molecule has 0 saturated heterocycles. The first-order valence-electron chi connectivity index (χ1n) is 8.20. The van der Waals surface area contributed by atoms with Crippen molar-refractivity contribution in [1.29, 1.82) is 0 Å². The van der Waals surface area contributed by atoms with Gasteiger partial charge in [-0.25, -0.2) is 9.78 Å². The van der Waals surface area contributed by atoms with Gasteiger partial charge in [-0.3, -0.25) is 9.38 Å². The number of halogens is 4. The number of aromatic nitrogens is 5. The Bertz CT molecular complexity index is 1160. The predicted molar refractivity (Wildman–Crippen MR) is 108 cm³/mol. The van der Waals surface area contributed by atoms with Crippen molar-refractivity contribution < 1.29 is 18.0 Å². The third-order valence-electron chi connectivity index (χ3n) is 3.86. The first-order chi connectivity index (χ1) is 13.9. The second-order valence-corrected chi connectivity index (χ2v) is 6.75. The van der Waals surface area contributed by atoms with Crippen LogP contribution in [-0.2, 0) is 0 Å².